The Bertz CT molecular complexity index is 1050. The summed E-state index contributed by atoms with van der Waals surface area (Å²) >= 11 is 0. The molecule has 0 bridgehead atoms. The normalized spacial score (nSPS) is 10.2. The van der Waals surface area contributed by atoms with Gasteiger partial charge >= 0.3 is 0 Å². The number of carbonyl (C=O) groups is 2. The van der Waals surface area contributed by atoms with E-state index in [2.05, 4.69) is 20.6 Å². The zero-order valence-corrected chi connectivity index (χ0v) is 16.2. The van der Waals surface area contributed by atoms with Crippen molar-refractivity contribution in [3.05, 3.63) is 66.0 Å². The number of ether oxygens (including phenoxy) is 2. The van der Waals surface area contributed by atoms with E-state index in [1.807, 2.05) is 0 Å². The van der Waals surface area contributed by atoms with E-state index in [1.165, 1.54) is 19.2 Å². The second-order valence-electron chi connectivity index (χ2n) is 6.05. The summed E-state index contributed by atoms with van der Waals surface area (Å²) in [5.74, 6) is 0.926. The minimum absolute atomic E-state index is 0.0816. The Morgan fingerprint density at radius 3 is 2.55 bits per heavy atom. The first kappa shape index (κ1) is 19.8. The van der Waals surface area contributed by atoms with Gasteiger partial charge in [0.2, 0.25) is 5.95 Å². The molecule has 0 aliphatic heterocycles. The van der Waals surface area contributed by atoms with Crippen molar-refractivity contribution in [3.8, 4) is 11.5 Å². The fourth-order valence-corrected chi connectivity index (χ4v) is 2.59. The molecule has 0 fully saturated rings. The molecular formula is C21H20N4O4. The van der Waals surface area contributed by atoms with Gasteiger partial charge in [-0.25, -0.2) is 9.97 Å². The minimum Gasteiger partial charge on any atom is -0.497 e. The van der Waals surface area contributed by atoms with Gasteiger partial charge in [-0.05, 0) is 37.3 Å². The molecule has 0 saturated carbocycles. The summed E-state index contributed by atoms with van der Waals surface area (Å²) in [6, 6.07) is 13.5. The Labute approximate surface area is 167 Å². The van der Waals surface area contributed by atoms with Crippen LogP contribution in [0.3, 0.4) is 0 Å². The van der Waals surface area contributed by atoms with Crippen molar-refractivity contribution in [1.82, 2.24) is 9.97 Å². The molecule has 3 rings (SSSR count). The van der Waals surface area contributed by atoms with Crippen molar-refractivity contribution in [1.29, 1.82) is 0 Å². The van der Waals surface area contributed by atoms with Gasteiger partial charge in [-0.2, -0.15) is 0 Å². The smallest absolute Gasteiger partial charge is 0.274 e. The number of ketones is 1. The number of hydrogen-bond acceptors (Lipinski definition) is 7. The number of methoxy groups -OCH3 is 2. The van der Waals surface area contributed by atoms with Crippen molar-refractivity contribution < 1.29 is 19.1 Å². The second kappa shape index (κ2) is 8.83. The van der Waals surface area contributed by atoms with Crippen molar-refractivity contribution in [2.24, 2.45) is 0 Å². The lowest BCUT2D eigenvalue weighted by Crippen LogP contribution is -2.15. The van der Waals surface area contributed by atoms with Crippen molar-refractivity contribution in [2.45, 2.75) is 6.92 Å². The first-order valence-electron chi connectivity index (χ1n) is 8.74. The van der Waals surface area contributed by atoms with Gasteiger partial charge < -0.3 is 20.1 Å². The number of Topliss-reactive ketones (excluding diaryl/α,β-unsaturated/α-hetero) is 1. The minimum atomic E-state index is -0.422. The maximum Gasteiger partial charge on any atom is 0.274 e. The van der Waals surface area contributed by atoms with E-state index in [0.717, 1.165) is 0 Å². The molecule has 0 spiro atoms. The molecule has 148 valence electrons. The topological polar surface area (TPSA) is 102 Å². The third kappa shape index (κ3) is 4.86. The quantitative estimate of drug-likeness (QED) is 0.591. The first-order valence-corrected chi connectivity index (χ1v) is 8.74. The maximum atomic E-state index is 12.6. The summed E-state index contributed by atoms with van der Waals surface area (Å²) in [6.45, 7) is 1.47. The van der Waals surface area contributed by atoms with Crippen LogP contribution in [0.2, 0.25) is 0 Å². The third-order valence-electron chi connectivity index (χ3n) is 4.07. The Hall–Kier alpha value is -3.94. The lowest BCUT2D eigenvalue weighted by molar-refractivity contribution is 0.100. The van der Waals surface area contributed by atoms with Crippen LogP contribution in [0.1, 0.15) is 27.8 Å². The van der Waals surface area contributed by atoms with E-state index < -0.39 is 5.91 Å². The van der Waals surface area contributed by atoms with Crippen LogP contribution in [0.15, 0.2) is 54.7 Å². The standard InChI is InChI=1S/C21H20N4O4/c1-13(26)14-5-4-6-15(11-14)23-20(27)17-9-10-22-21(24-17)25-18-12-16(28-2)7-8-19(18)29-3/h4-12H,1-3H3,(H,23,27)(H,22,24,25). The second-order valence-corrected chi connectivity index (χ2v) is 6.05. The van der Waals surface area contributed by atoms with Gasteiger partial charge in [0.25, 0.3) is 5.91 Å². The molecule has 0 saturated heterocycles. The zero-order valence-electron chi connectivity index (χ0n) is 16.2. The molecule has 0 aliphatic rings. The molecule has 0 atom stereocenters. The summed E-state index contributed by atoms with van der Waals surface area (Å²) < 4.78 is 10.5. The molecule has 2 aromatic carbocycles. The van der Waals surface area contributed by atoms with Gasteiger partial charge in [0.1, 0.15) is 17.2 Å². The van der Waals surface area contributed by atoms with Gasteiger partial charge in [0, 0.05) is 23.5 Å². The number of rotatable bonds is 7. The molecule has 8 nitrogen and oxygen atoms in total. The number of anilines is 3. The van der Waals surface area contributed by atoms with E-state index in [4.69, 9.17) is 9.47 Å². The van der Waals surface area contributed by atoms with E-state index in [-0.39, 0.29) is 17.4 Å². The lowest BCUT2D eigenvalue weighted by Gasteiger charge is -2.12. The SMILES string of the molecule is COc1ccc(OC)c(Nc2nccc(C(=O)Nc3cccc(C(C)=O)c3)n2)c1. The van der Waals surface area contributed by atoms with E-state index >= 15 is 0 Å². The fourth-order valence-electron chi connectivity index (χ4n) is 2.59. The van der Waals surface area contributed by atoms with Crippen molar-refractivity contribution >= 4 is 29.0 Å². The van der Waals surface area contributed by atoms with Gasteiger partial charge in [-0.1, -0.05) is 12.1 Å². The molecule has 0 unspecified atom stereocenters. The number of hydrogen-bond donors (Lipinski definition) is 2. The summed E-state index contributed by atoms with van der Waals surface area (Å²) in [5.41, 5.74) is 1.78. The molecule has 29 heavy (non-hydrogen) atoms. The third-order valence-corrected chi connectivity index (χ3v) is 4.07. The molecule has 1 aromatic heterocycles. The number of nitrogens with zero attached hydrogens (tertiary/aromatic N) is 2. The fraction of sp³-hybridized carbons (Fsp3) is 0.143. The predicted molar refractivity (Wildman–Crippen MR) is 109 cm³/mol. The van der Waals surface area contributed by atoms with Gasteiger partial charge in [0.05, 0.1) is 19.9 Å². The average Bonchev–Trinajstić information content (AvgIpc) is 2.74. The van der Waals surface area contributed by atoms with Crippen LogP contribution < -0.4 is 20.1 Å². The van der Waals surface area contributed by atoms with Crippen LogP contribution in [0, 0.1) is 0 Å². The molecule has 8 heteroatoms. The highest BCUT2D eigenvalue weighted by atomic mass is 16.5. The highest BCUT2D eigenvalue weighted by Gasteiger charge is 2.12. The summed E-state index contributed by atoms with van der Waals surface area (Å²) in [6.07, 6.45) is 1.48. The largest absolute Gasteiger partial charge is 0.497 e. The molecule has 2 N–H and O–H groups in total. The van der Waals surface area contributed by atoms with Gasteiger partial charge in [-0.15, -0.1) is 0 Å². The Balaban J connectivity index is 1.80. The molecule has 1 amide bonds. The van der Waals surface area contributed by atoms with Crippen LogP contribution in [0.4, 0.5) is 17.3 Å². The Morgan fingerprint density at radius 2 is 1.83 bits per heavy atom. The van der Waals surface area contributed by atoms with Crippen LogP contribution in [-0.2, 0) is 0 Å². The van der Waals surface area contributed by atoms with E-state index in [9.17, 15) is 9.59 Å². The molecule has 0 radical (unpaired) electrons. The number of aromatic nitrogens is 2. The summed E-state index contributed by atoms with van der Waals surface area (Å²) in [7, 11) is 3.11. The average molecular weight is 392 g/mol. The number of amides is 1. The van der Waals surface area contributed by atoms with Crippen molar-refractivity contribution in [2.75, 3.05) is 24.9 Å². The monoisotopic (exact) mass is 392 g/mol. The number of benzene rings is 2. The molecule has 0 aliphatic carbocycles. The maximum absolute atomic E-state index is 12.6. The molecule has 3 aromatic rings. The molecular weight excluding hydrogens is 372 g/mol. The van der Waals surface area contributed by atoms with Crippen molar-refractivity contribution in [3.63, 3.8) is 0 Å². The van der Waals surface area contributed by atoms with Gasteiger partial charge in [-0.3, -0.25) is 9.59 Å². The number of carbonyl (C=O) groups excluding carboxylic acids is 2. The van der Waals surface area contributed by atoms with E-state index in [1.54, 1.807) is 56.7 Å². The van der Waals surface area contributed by atoms with Crippen LogP contribution in [0.25, 0.3) is 0 Å². The summed E-state index contributed by atoms with van der Waals surface area (Å²) in [4.78, 5) is 32.5. The molecule has 1 heterocycles. The van der Waals surface area contributed by atoms with Crippen LogP contribution >= 0.6 is 0 Å². The van der Waals surface area contributed by atoms with Gasteiger partial charge in [0.15, 0.2) is 5.78 Å². The van der Waals surface area contributed by atoms with E-state index in [0.29, 0.717) is 28.4 Å². The number of nitrogens with one attached hydrogen (secondary N) is 2. The van der Waals surface area contributed by atoms with Crippen LogP contribution in [0.5, 0.6) is 11.5 Å². The summed E-state index contributed by atoms with van der Waals surface area (Å²) in [5, 5.41) is 5.76. The Kier molecular flexibility index (Phi) is 6.03. The highest BCUT2D eigenvalue weighted by molar-refractivity contribution is 6.04. The predicted octanol–water partition coefficient (Wildman–Crippen LogP) is 3.69. The van der Waals surface area contributed by atoms with Crippen LogP contribution in [-0.4, -0.2) is 35.9 Å². The zero-order chi connectivity index (χ0) is 20.8. The first-order chi connectivity index (χ1) is 14.0. The lowest BCUT2D eigenvalue weighted by atomic mass is 10.1. The Morgan fingerprint density at radius 1 is 1.00 bits per heavy atom. The highest BCUT2D eigenvalue weighted by Crippen LogP contribution is 2.30.